The second-order valence-electron chi connectivity index (χ2n) is 4.92. The molecule has 3 nitrogen and oxygen atoms in total. The maximum absolute atomic E-state index is 5.49. The van der Waals surface area contributed by atoms with Gasteiger partial charge in [-0.2, -0.15) is 0 Å². The summed E-state index contributed by atoms with van der Waals surface area (Å²) in [6, 6.07) is 3.01. The highest BCUT2D eigenvalue weighted by Crippen LogP contribution is 2.25. The molecule has 17 heavy (non-hydrogen) atoms. The predicted octanol–water partition coefficient (Wildman–Crippen LogP) is 4.30. The lowest BCUT2D eigenvalue weighted by Crippen LogP contribution is -2.22. The summed E-state index contributed by atoms with van der Waals surface area (Å²) >= 11 is 6.67. The molecule has 0 aliphatic heterocycles. The summed E-state index contributed by atoms with van der Waals surface area (Å²) in [4.78, 5) is 4.11. The standard InChI is InChI=1S/C11H17Br2NO2Si/c1-17(2,3)5-4-15-8-16-10-6-9(12)7-14-11(10)13/h6-7H,4-5,8H2,1-3H3. The first-order chi connectivity index (χ1) is 7.88. The van der Waals surface area contributed by atoms with E-state index in [1.807, 2.05) is 6.07 Å². The number of hydrogen-bond donors (Lipinski definition) is 0. The molecule has 0 N–H and O–H groups in total. The lowest BCUT2D eigenvalue weighted by Gasteiger charge is -2.15. The van der Waals surface area contributed by atoms with E-state index in [9.17, 15) is 0 Å². The average Bonchev–Trinajstić information content (AvgIpc) is 2.21. The topological polar surface area (TPSA) is 31.4 Å². The largest absolute Gasteiger partial charge is 0.465 e. The molecule has 0 atom stereocenters. The number of pyridine rings is 1. The molecule has 1 heterocycles. The minimum atomic E-state index is -1.02. The predicted molar refractivity (Wildman–Crippen MR) is 79.2 cm³/mol. The van der Waals surface area contributed by atoms with E-state index in [1.165, 1.54) is 0 Å². The molecule has 0 aromatic carbocycles. The monoisotopic (exact) mass is 381 g/mol. The zero-order valence-electron chi connectivity index (χ0n) is 10.3. The Hall–Kier alpha value is 0.0869. The molecule has 0 saturated carbocycles. The second-order valence-corrected chi connectivity index (χ2v) is 12.2. The van der Waals surface area contributed by atoms with E-state index in [4.69, 9.17) is 9.47 Å². The Kier molecular flexibility index (Phi) is 6.12. The molecular weight excluding hydrogens is 366 g/mol. The van der Waals surface area contributed by atoms with E-state index >= 15 is 0 Å². The Morgan fingerprint density at radius 2 is 2.00 bits per heavy atom. The van der Waals surface area contributed by atoms with Gasteiger partial charge in [0.1, 0.15) is 4.60 Å². The lowest BCUT2D eigenvalue weighted by molar-refractivity contribution is 0.0213. The van der Waals surface area contributed by atoms with Gasteiger partial charge in [0.2, 0.25) is 0 Å². The molecule has 0 amide bonds. The van der Waals surface area contributed by atoms with E-state index < -0.39 is 8.07 Å². The maximum atomic E-state index is 5.49. The Morgan fingerprint density at radius 1 is 1.29 bits per heavy atom. The Morgan fingerprint density at radius 3 is 2.65 bits per heavy atom. The Bertz CT molecular complexity index is 369. The number of hydrogen-bond acceptors (Lipinski definition) is 3. The van der Waals surface area contributed by atoms with Crippen molar-refractivity contribution in [2.45, 2.75) is 25.7 Å². The fourth-order valence-corrected chi connectivity index (χ4v) is 2.45. The van der Waals surface area contributed by atoms with Crippen molar-refractivity contribution in [1.82, 2.24) is 4.98 Å². The van der Waals surface area contributed by atoms with Crippen LogP contribution < -0.4 is 4.74 Å². The summed E-state index contributed by atoms with van der Waals surface area (Å²) in [5, 5.41) is 0. The third-order valence-electron chi connectivity index (χ3n) is 2.07. The molecule has 1 aromatic rings. The molecule has 0 spiro atoms. The average molecular weight is 383 g/mol. The quantitative estimate of drug-likeness (QED) is 0.318. The van der Waals surface area contributed by atoms with E-state index in [0.717, 1.165) is 17.1 Å². The van der Waals surface area contributed by atoms with Gasteiger partial charge in [-0.1, -0.05) is 19.6 Å². The minimum absolute atomic E-state index is 0.265. The van der Waals surface area contributed by atoms with Crippen LogP contribution >= 0.6 is 31.9 Å². The van der Waals surface area contributed by atoms with Crippen molar-refractivity contribution in [2.75, 3.05) is 13.4 Å². The van der Waals surface area contributed by atoms with Gasteiger partial charge in [-0.3, -0.25) is 0 Å². The smallest absolute Gasteiger partial charge is 0.189 e. The van der Waals surface area contributed by atoms with Crippen LogP contribution in [0.25, 0.3) is 0 Å². The molecule has 0 fully saturated rings. The molecule has 0 aliphatic rings. The molecule has 1 rings (SSSR count). The van der Waals surface area contributed by atoms with Crippen molar-refractivity contribution in [3.8, 4) is 5.75 Å². The molecule has 0 bridgehead atoms. The molecule has 0 saturated heterocycles. The van der Waals surface area contributed by atoms with Crippen molar-refractivity contribution in [2.24, 2.45) is 0 Å². The van der Waals surface area contributed by atoms with Crippen LogP contribution in [0.1, 0.15) is 0 Å². The van der Waals surface area contributed by atoms with Gasteiger partial charge in [0.15, 0.2) is 12.5 Å². The van der Waals surface area contributed by atoms with E-state index in [0.29, 0.717) is 10.4 Å². The third kappa shape index (κ3) is 6.54. The van der Waals surface area contributed by atoms with Gasteiger partial charge < -0.3 is 9.47 Å². The van der Waals surface area contributed by atoms with Crippen LogP contribution in [-0.2, 0) is 4.74 Å². The van der Waals surface area contributed by atoms with Crippen molar-refractivity contribution >= 4 is 39.9 Å². The van der Waals surface area contributed by atoms with Gasteiger partial charge in [-0.05, 0) is 44.0 Å². The first kappa shape index (κ1) is 15.1. The van der Waals surface area contributed by atoms with Gasteiger partial charge >= 0.3 is 0 Å². The summed E-state index contributed by atoms with van der Waals surface area (Å²) in [6.45, 7) is 8.00. The first-order valence-corrected chi connectivity index (χ1v) is 10.7. The van der Waals surface area contributed by atoms with E-state index in [2.05, 4.69) is 56.5 Å². The molecule has 0 aliphatic carbocycles. The van der Waals surface area contributed by atoms with Crippen LogP contribution in [0, 0.1) is 0 Å². The summed E-state index contributed by atoms with van der Waals surface area (Å²) < 4.78 is 12.5. The van der Waals surface area contributed by atoms with Gasteiger partial charge in [0.25, 0.3) is 0 Å². The van der Waals surface area contributed by atoms with Crippen LogP contribution in [0.3, 0.4) is 0 Å². The second kappa shape index (κ2) is 6.87. The zero-order chi connectivity index (χ0) is 12.9. The van der Waals surface area contributed by atoms with Crippen molar-refractivity contribution in [3.05, 3.63) is 21.3 Å². The highest BCUT2D eigenvalue weighted by Gasteiger charge is 2.12. The van der Waals surface area contributed by atoms with E-state index in [1.54, 1.807) is 6.20 Å². The normalized spacial score (nSPS) is 11.6. The highest BCUT2D eigenvalue weighted by atomic mass is 79.9. The summed E-state index contributed by atoms with van der Waals surface area (Å²) in [7, 11) is -1.02. The van der Waals surface area contributed by atoms with Gasteiger partial charge in [0.05, 0.1) is 0 Å². The van der Waals surface area contributed by atoms with Gasteiger partial charge in [-0.15, -0.1) is 0 Å². The molecule has 6 heteroatoms. The lowest BCUT2D eigenvalue weighted by atomic mass is 10.5. The molecular formula is C11H17Br2NO2Si. The number of nitrogens with zero attached hydrogens (tertiary/aromatic N) is 1. The molecule has 0 radical (unpaired) electrons. The first-order valence-electron chi connectivity index (χ1n) is 5.40. The van der Waals surface area contributed by atoms with Gasteiger partial charge in [-0.25, -0.2) is 4.98 Å². The SMILES string of the molecule is C[Si](C)(C)CCOCOc1cc(Br)cnc1Br. The van der Waals surface area contributed by atoms with Crippen molar-refractivity contribution < 1.29 is 9.47 Å². The summed E-state index contributed by atoms with van der Waals surface area (Å²) in [6.07, 6.45) is 1.71. The number of halogens is 2. The number of ether oxygens (including phenoxy) is 2. The Balaban J connectivity index is 2.29. The zero-order valence-corrected chi connectivity index (χ0v) is 14.5. The summed E-state index contributed by atoms with van der Waals surface area (Å²) in [5.41, 5.74) is 0. The molecule has 0 unspecified atom stereocenters. The highest BCUT2D eigenvalue weighted by molar-refractivity contribution is 9.11. The maximum Gasteiger partial charge on any atom is 0.189 e. The fraction of sp³-hybridized carbons (Fsp3) is 0.545. The molecule has 1 aromatic heterocycles. The van der Waals surface area contributed by atoms with Gasteiger partial charge in [0, 0.05) is 25.4 Å². The summed E-state index contributed by atoms with van der Waals surface area (Å²) in [5.74, 6) is 0.687. The van der Waals surface area contributed by atoms with Crippen molar-refractivity contribution in [3.63, 3.8) is 0 Å². The van der Waals surface area contributed by atoms with E-state index in [-0.39, 0.29) is 6.79 Å². The Labute approximate surface area is 120 Å². The third-order valence-corrected chi connectivity index (χ3v) is 4.80. The number of aromatic nitrogens is 1. The molecule has 96 valence electrons. The van der Waals surface area contributed by atoms with Crippen LogP contribution in [0.2, 0.25) is 25.7 Å². The minimum Gasteiger partial charge on any atom is -0.465 e. The van der Waals surface area contributed by atoms with Crippen LogP contribution in [-0.4, -0.2) is 26.5 Å². The van der Waals surface area contributed by atoms with Crippen LogP contribution in [0.15, 0.2) is 21.3 Å². The number of rotatable bonds is 6. The van der Waals surface area contributed by atoms with Crippen LogP contribution in [0.5, 0.6) is 5.75 Å². The fourth-order valence-electron chi connectivity index (χ4n) is 1.05. The van der Waals surface area contributed by atoms with Crippen LogP contribution in [0.4, 0.5) is 0 Å². The van der Waals surface area contributed by atoms with Crippen molar-refractivity contribution in [1.29, 1.82) is 0 Å².